The summed E-state index contributed by atoms with van der Waals surface area (Å²) >= 11 is 0. The van der Waals surface area contributed by atoms with Gasteiger partial charge in [-0.2, -0.15) is 4.98 Å². The number of amides is 2. The predicted molar refractivity (Wildman–Crippen MR) is 91.9 cm³/mol. The molecule has 1 aromatic carbocycles. The molecule has 1 unspecified atom stereocenters. The van der Waals surface area contributed by atoms with E-state index in [1.807, 2.05) is 13.0 Å². The Morgan fingerprint density at radius 1 is 1.40 bits per heavy atom. The van der Waals surface area contributed by atoms with Crippen LogP contribution in [0.25, 0.3) is 11.4 Å². The van der Waals surface area contributed by atoms with Crippen LogP contribution in [0, 0.1) is 0 Å². The molecular formula is C18H22N4O3. The third-order valence-corrected chi connectivity index (χ3v) is 4.32. The Hall–Kier alpha value is -2.70. The summed E-state index contributed by atoms with van der Waals surface area (Å²) in [4.78, 5) is 30.5. The fourth-order valence-corrected chi connectivity index (χ4v) is 2.48. The smallest absolute Gasteiger partial charge is 0.251 e. The van der Waals surface area contributed by atoms with Crippen LogP contribution >= 0.6 is 0 Å². The minimum absolute atomic E-state index is 0.126. The second kappa shape index (κ2) is 7.04. The van der Waals surface area contributed by atoms with Crippen LogP contribution in [0.15, 0.2) is 28.8 Å². The second-order valence-electron chi connectivity index (χ2n) is 6.36. The molecule has 1 heterocycles. The third kappa shape index (κ3) is 3.87. The number of hydrogen-bond donors (Lipinski definition) is 1. The zero-order valence-electron chi connectivity index (χ0n) is 14.7. The van der Waals surface area contributed by atoms with Crippen LogP contribution in [0.4, 0.5) is 0 Å². The Morgan fingerprint density at radius 2 is 2.16 bits per heavy atom. The van der Waals surface area contributed by atoms with Gasteiger partial charge in [0.15, 0.2) is 0 Å². The Labute approximate surface area is 146 Å². The van der Waals surface area contributed by atoms with Crippen molar-refractivity contribution in [3.8, 4) is 11.4 Å². The molecule has 2 aromatic rings. The number of likely N-dealkylation sites (N-methyl/N-ethyl adjacent to an activating group) is 1. The summed E-state index contributed by atoms with van der Waals surface area (Å²) in [6, 6.07) is 6.41. The SMILES string of the molecule is CCN(C)C(=O)C(C)NC(=O)c1cccc(-c2noc(C3CC3)n2)c1. The van der Waals surface area contributed by atoms with E-state index in [0.29, 0.717) is 35.3 Å². The summed E-state index contributed by atoms with van der Waals surface area (Å²) < 4.78 is 5.27. The topological polar surface area (TPSA) is 88.3 Å². The lowest BCUT2D eigenvalue weighted by atomic mass is 10.1. The molecule has 0 saturated heterocycles. The average molecular weight is 342 g/mol. The molecule has 0 bridgehead atoms. The van der Waals surface area contributed by atoms with Crippen LogP contribution in [0.1, 0.15) is 48.9 Å². The number of nitrogens with zero attached hydrogens (tertiary/aromatic N) is 3. The summed E-state index contributed by atoms with van der Waals surface area (Å²) in [7, 11) is 1.71. The molecule has 2 amide bonds. The van der Waals surface area contributed by atoms with Crippen molar-refractivity contribution in [2.24, 2.45) is 0 Å². The first-order valence-corrected chi connectivity index (χ1v) is 8.49. The number of aromatic nitrogens is 2. The maximum absolute atomic E-state index is 12.4. The van der Waals surface area contributed by atoms with Gasteiger partial charge in [0.25, 0.3) is 5.91 Å². The van der Waals surface area contributed by atoms with Gasteiger partial charge >= 0.3 is 0 Å². The van der Waals surface area contributed by atoms with E-state index in [-0.39, 0.29) is 11.8 Å². The summed E-state index contributed by atoms with van der Waals surface area (Å²) in [5.41, 5.74) is 1.17. The highest BCUT2D eigenvalue weighted by molar-refractivity contribution is 5.98. The Bertz CT molecular complexity index is 782. The van der Waals surface area contributed by atoms with Gasteiger partial charge in [-0.15, -0.1) is 0 Å². The molecular weight excluding hydrogens is 320 g/mol. The van der Waals surface area contributed by atoms with E-state index in [4.69, 9.17) is 4.52 Å². The van der Waals surface area contributed by atoms with E-state index in [9.17, 15) is 9.59 Å². The highest BCUT2D eigenvalue weighted by Gasteiger charge is 2.29. The predicted octanol–water partition coefficient (Wildman–Crippen LogP) is 2.21. The molecule has 1 aliphatic carbocycles. The lowest BCUT2D eigenvalue weighted by Gasteiger charge is -2.20. The Balaban J connectivity index is 1.71. The van der Waals surface area contributed by atoms with E-state index < -0.39 is 6.04 Å². The van der Waals surface area contributed by atoms with Crippen LogP contribution in [0.2, 0.25) is 0 Å². The van der Waals surface area contributed by atoms with Crippen LogP contribution < -0.4 is 5.32 Å². The standard InChI is InChI=1S/C18H22N4O3/c1-4-22(3)18(24)11(2)19-16(23)14-7-5-6-13(10-14)15-20-17(25-21-15)12-8-9-12/h5-7,10-12H,4,8-9H2,1-3H3,(H,19,23). The molecule has 3 rings (SSSR count). The van der Waals surface area contributed by atoms with Gasteiger partial charge in [-0.25, -0.2) is 0 Å². The zero-order valence-corrected chi connectivity index (χ0v) is 14.7. The highest BCUT2D eigenvalue weighted by Crippen LogP contribution is 2.39. The number of nitrogens with one attached hydrogen (secondary N) is 1. The molecule has 1 fully saturated rings. The van der Waals surface area contributed by atoms with Crippen molar-refractivity contribution >= 4 is 11.8 Å². The van der Waals surface area contributed by atoms with Gasteiger partial charge in [-0.05, 0) is 38.8 Å². The largest absolute Gasteiger partial charge is 0.344 e. The minimum Gasteiger partial charge on any atom is -0.344 e. The molecule has 25 heavy (non-hydrogen) atoms. The minimum atomic E-state index is -0.590. The number of carbonyl (C=O) groups is 2. The van der Waals surface area contributed by atoms with Crippen LogP contribution in [-0.4, -0.2) is 46.5 Å². The van der Waals surface area contributed by atoms with Gasteiger partial charge in [0.1, 0.15) is 6.04 Å². The maximum Gasteiger partial charge on any atom is 0.251 e. The van der Waals surface area contributed by atoms with Crippen molar-refractivity contribution < 1.29 is 14.1 Å². The molecule has 0 aliphatic heterocycles. The number of benzene rings is 1. The van der Waals surface area contributed by atoms with Crippen molar-refractivity contribution in [2.45, 2.75) is 38.6 Å². The lowest BCUT2D eigenvalue weighted by molar-refractivity contribution is -0.131. The summed E-state index contributed by atoms with van der Waals surface area (Å²) in [5, 5.41) is 6.72. The maximum atomic E-state index is 12.4. The molecule has 1 N–H and O–H groups in total. The first kappa shape index (κ1) is 17.1. The molecule has 7 nitrogen and oxygen atoms in total. The zero-order chi connectivity index (χ0) is 18.0. The summed E-state index contributed by atoms with van der Waals surface area (Å²) in [6.07, 6.45) is 2.17. The van der Waals surface area contributed by atoms with Crippen LogP contribution in [0.3, 0.4) is 0 Å². The molecule has 132 valence electrons. The fourth-order valence-electron chi connectivity index (χ4n) is 2.48. The fraction of sp³-hybridized carbons (Fsp3) is 0.444. The van der Waals surface area contributed by atoms with Gasteiger partial charge in [-0.3, -0.25) is 9.59 Å². The van der Waals surface area contributed by atoms with E-state index in [1.54, 1.807) is 37.1 Å². The number of hydrogen-bond acceptors (Lipinski definition) is 5. The first-order chi connectivity index (χ1) is 12.0. The highest BCUT2D eigenvalue weighted by atomic mass is 16.5. The van der Waals surface area contributed by atoms with Crippen molar-refractivity contribution in [1.82, 2.24) is 20.4 Å². The Kier molecular flexibility index (Phi) is 4.83. The van der Waals surface area contributed by atoms with Crippen LogP contribution in [0.5, 0.6) is 0 Å². The molecule has 1 aliphatic rings. The van der Waals surface area contributed by atoms with Crippen LogP contribution in [-0.2, 0) is 4.79 Å². The lowest BCUT2D eigenvalue weighted by Crippen LogP contribution is -2.45. The number of carbonyl (C=O) groups excluding carboxylic acids is 2. The monoisotopic (exact) mass is 342 g/mol. The molecule has 1 saturated carbocycles. The van der Waals surface area contributed by atoms with E-state index in [2.05, 4.69) is 15.5 Å². The van der Waals surface area contributed by atoms with Gasteiger partial charge in [-0.1, -0.05) is 17.3 Å². The summed E-state index contributed by atoms with van der Waals surface area (Å²) in [5.74, 6) is 1.09. The number of rotatable bonds is 6. The quantitative estimate of drug-likeness (QED) is 0.869. The molecule has 1 atom stereocenters. The first-order valence-electron chi connectivity index (χ1n) is 8.49. The van der Waals surface area contributed by atoms with Gasteiger partial charge in [0.2, 0.25) is 17.6 Å². The van der Waals surface area contributed by atoms with Gasteiger partial charge in [0, 0.05) is 30.6 Å². The van der Waals surface area contributed by atoms with E-state index in [1.165, 1.54) is 0 Å². The van der Waals surface area contributed by atoms with E-state index >= 15 is 0 Å². The molecule has 7 heteroatoms. The Morgan fingerprint density at radius 3 is 2.84 bits per heavy atom. The third-order valence-electron chi connectivity index (χ3n) is 4.32. The summed E-state index contributed by atoms with van der Waals surface area (Å²) in [6.45, 7) is 4.16. The van der Waals surface area contributed by atoms with E-state index in [0.717, 1.165) is 12.8 Å². The molecule has 0 radical (unpaired) electrons. The second-order valence-corrected chi connectivity index (χ2v) is 6.36. The van der Waals surface area contributed by atoms with Crippen molar-refractivity contribution in [3.63, 3.8) is 0 Å². The van der Waals surface area contributed by atoms with Crippen molar-refractivity contribution in [3.05, 3.63) is 35.7 Å². The van der Waals surface area contributed by atoms with Gasteiger partial charge in [0.05, 0.1) is 0 Å². The molecule has 0 spiro atoms. The van der Waals surface area contributed by atoms with Crippen molar-refractivity contribution in [2.75, 3.05) is 13.6 Å². The molecule has 1 aromatic heterocycles. The van der Waals surface area contributed by atoms with Gasteiger partial charge < -0.3 is 14.7 Å². The van der Waals surface area contributed by atoms with Crippen molar-refractivity contribution in [1.29, 1.82) is 0 Å². The normalized spacial score (nSPS) is 14.8. The average Bonchev–Trinajstić information content (AvgIpc) is 3.37.